The monoisotopic (exact) mass is 426 g/mol. The molecule has 4 aromatic rings. The van der Waals surface area contributed by atoms with Gasteiger partial charge in [-0.05, 0) is 48.5 Å². The number of hydrogen-bond acceptors (Lipinski definition) is 5. The molecule has 8 heteroatoms. The summed E-state index contributed by atoms with van der Waals surface area (Å²) in [5.74, 6) is 0.0835. The minimum atomic E-state index is -0.176. The molecule has 1 N–H and O–H groups in total. The number of nitrogens with zero attached hydrogens (tertiary/aromatic N) is 3. The number of carbonyl (C=O) groups excluding carboxylic acids is 1. The van der Waals surface area contributed by atoms with E-state index in [1.165, 1.54) is 11.8 Å². The molecule has 2 aromatic heterocycles. The van der Waals surface area contributed by atoms with Crippen LogP contribution in [0.2, 0.25) is 5.02 Å². The standard InChI is InChI=1S/C20H15ClN4OS2/c21-14-7-9-15(10-8-14)25-11-3-4-16(25)12-22-24-19(26)13-27-20-23-17-5-1-2-6-18(17)28-20/h1-12H,13H2,(H,24,26)/b22-12-. The topological polar surface area (TPSA) is 59.3 Å². The van der Waals surface area contributed by atoms with Gasteiger partial charge in [0.15, 0.2) is 4.34 Å². The zero-order valence-electron chi connectivity index (χ0n) is 14.6. The Morgan fingerprint density at radius 2 is 2.00 bits per heavy atom. The Kier molecular flexibility index (Phi) is 5.76. The van der Waals surface area contributed by atoms with Crippen molar-refractivity contribution >= 4 is 57.0 Å². The molecular formula is C20H15ClN4OS2. The van der Waals surface area contributed by atoms with Crippen LogP contribution in [0.5, 0.6) is 0 Å². The normalized spacial score (nSPS) is 11.3. The molecule has 4 rings (SSSR count). The summed E-state index contributed by atoms with van der Waals surface area (Å²) in [5.41, 5.74) is 5.33. The average molecular weight is 427 g/mol. The van der Waals surface area contributed by atoms with Gasteiger partial charge < -0.3 is 4.57 Å². The van der Waals surface area contributed by atoms with Crippen LogP contribution in [0.15, 0.2) is 76.3 Å². The second kappa shape index (κ2) is 8.60. The van der Waals surface area contributed by atoms with E-state index in [9.17, 15) is 4.79 Å². The van der Waals surface area contributed by atoms with Crippen LogP contribution in [0.3, 0.4) is 0 Å². The summed E-state index contributed by atoms with van der Waals surface area (Å²) < 4.78 is 3.95. The first-order chi connectivity index (χ1) is 13.7. The van der Waals surface area contributed by atoms with Crippen molar-refractivity contribution in [3.8, 4) is 5.69 Å². The first kappa shape index (κ1) is 18.7. The lowest BCUT2D eigenvalue weighted by Crippen LogP contribution is -2.19. The third kappa shape index (κ3) is 4.44. The van der Waals surface area contributed by atoms with Crippen molar-refractivity contribution in [2.45, 2.75) is 4.34 Å². The van der Waals surface area contributed by atoms with Crippen molar-refractivity contribution < 1.29 is 4.79 Å². The molecule has 1 amide bonds. The van der Waals surface area contributed by atoms with Crippen LogP contribution in [0.1, 0.15) is 5.69 Å². The maximum Gasteiger partial charge on any atom is 0.250 e. The van der Waals surface area contributed by atoms with Gasteiger partial charge in [0.1, 0.15) is 0 Å². The van der Waals surface area contributed by atoms with Crippen LogP contribution in [0.4, 0.5) is 0 Å². The predicted octanol–water partition coefficient (Wildman–Crippen LogP) is 4.98. The number of hydrazone groups is 1. The second-order valence-corrected chi connectivity index (χ2v) is 8.50. The van der Waals surface area contributed by atoms with E-state index in [2.05, 4.69) is 15.5 Å². The smallest absolute Gasteiger partial charge is 0.250 e. The Labute approximate surface area is 175 Å². The van der Waals surface area contributed by atoms with Crippen molar-refractivity contribution in [3.05, 3.63) is 77.6 Å². The fourth-order valence-corrected chi connectivity index (χ4v) is 4.57. The molecule has 0 aliphatic heterocycles. The molecule has 0 aliphatic carbocycles. The maximum atomic E-state index is 12.1. The van der Waals surface area contributed by atoms with Gasteiger partial charge in [-0.1, -0.05) is 35.5 Å². The number of amides is 1. The van der Waals surface area contributed by atoms with E-state index in [0.717, 1.165) is 25.9 Å². The molecule has 5 nitrogen and oxygen atoms in total. The molecule has 0 spiro atoms. The van der Waals surface area contributed by atoms with Crippen molar-refractivity contribution in [2.24, 2.45) is 5.10 Å². The summed E-state index contributed by atoms with van der Waals surface area (Å²) in [6.07, 6.45) is 3.55. The second-order valence-electron chi connectivity index (χ2n) is 5.81. The van der Waals surface area contributed by atoms with Crippen molar-refractivity contribution in [2.75, 3.05) is 5.75 Å². The summed E-state index contributed by atoms with van der Waals surface area (Å²) in [6.45, 7) is 0. The number of fused-ring (bicyclic) bond motifs is 1. The van der Waals surface area contributed by atoms with Gasteiger partial charge in [-0.15, -0.1) is 11.3 Å². The first-order valence-corrected chi connectivity index (χ1v) is 10.6. The zero-order chi connectivity index (χ0) is 19.3. The van der Waals surface area contributed by atoms with E-state index in [1.54, 1.807) is 17.6 Å². The molecule has 0 atom stereocenters. The van der Waals surface area contributed by atoms with Crippen molar-refractivity contribution in [1.29, 1.82) is 0 Å². The highest BCUT2D eigenvalue weighted by molar-refractivity contribution is 8.01. The number of halogens is 1. The minimum Gasteiger partial charge on any atom is -0.316 e. The Morgan fingerprint density at radius 3 is 2.82 bits per heavy atom. The molecular weight excluding hydrogens is 412 g/mol. The van der Waals surface area contributed by atoms with E-state index in [-0.39, 0.29) is 11.7 Å². The van der Waals surface area contributed by atoms with E-state index < -0.39 is 0 Å². The Morgan fingerprint density at radius 1 is 1.18 bits per heavy atom. The number of rotatable bonds is 6. The summed E-state index contributed by atoms with van der Waals surface area (Å²) in [7, 11) is 0. The van der Waals surface area contributed by atoms with Gasteiger partial charge in [-0.25, -0.2) is 10.4 Å². The molecule has 140 valence electrons. The van der Waals surface area contributed by atoms with Crippen LogP contribution >= 0.6 is 34.7 Å². The lowest BCUT2D eigenvalue weighted by Gasteiger charge is -2.06. The highest BCUT2D eigenvalue weighted by Gasteiger charge is 2.07. The van der Waals surface area contributed by atoms with Gasteiger partial charge in [-0.3, -0.25) is 4.79 Å². The minimum absolute atomic E-state index is 0.176. The van der Waals surface area contributed by atoms with Gasteiger partial charge in [-0.2, -0.15) is 5.10 Å². The molecule has 2 aromatic carbocycles. The lowest BCUT2D eigenvalue weighted by atomic mass is 10.3. The van der Waals surface area contributed by atoms with Gasteiger partial charge in [0.05, 0.1) is 27.9 Å². The average Bonchev–Trinajstić information content (AvgIpc) is 3.33. The fourth-order valence-electron chi connectivity index (χ4n) is 2.58. The highest BCUT2D eigenvalue weighted by atomic mass is 35.5. The molecule has 0 saturated carbocycles. The number of hydrogen-bond donors (Lipinski definition) is 1. The third-order valence-corrected chi connectivity index (χ3v) is 6.30. The third-order valence-electron chi connectivity index (χ3n) is 3.87. The summed E-state index contributed by atoms with van der Waals surface area (Å²) in [4.78, 5) is 16.6. The number of carbonyl (C=O) groups is 1. The quantitative estimate of drug-likeness (QED) is 0.268. The molecule has 0 aliphatic rings. The number of nitrogens with one attached hydrogen (secondary N) is 1. The number of para-hydroxylation sites is 1. The lowest BCUT2D eigenvalue weighted by molar-refractivity contribution is -0.118. The zero-order valence-corrected chi connectivity index (χ0v) is 17.0. The Hall–Kier alpha value is -2.61. The molecule has 0 fully saturated rings. The molecule has 2 heterocycles. The van der Waals surface area contributed by atoms with E-state index in [4.69, 9.17) is 11.6 Å². The predicted molar refractivity (Wildman–Crippen MR) is 117 cm³/mol. The highest BCUT2D eigenvalue weighted by Crippen LogP contribution is 2.29. The van der Waals surface area contributed by atoms with E-state index in [1.807, 2.05) is 71.4 Å². The van der Waals surface area contributed by atoms with Gasteiger partial charge >= 0.3 is 0 Å². The van der Waals surface area contributed by atoms with Gasteiger partial charge in [0.25, 0.3) is 5.91 Å². The summed E-state index contributed by atoms with van der Waals surface area (Å²) in [5, 5.41) is 4.76. The summed E-state index contributed by atoms with van der Waals surface area (Å²) >= 11 is 8.93. The van der Waals surface area contributed by atoms with E-state index >= 15 is 0 Å². The van der Waals surface area contributed by atoms with Crippen molar-refractivity contribution in [1.82, 2.24) is 15.0 Å². The first-order valence-electron chi connectivity index (χ1n) is 8.42. The largest absolute Gasteiger partial charge is 0.316 e. The Bertz CT molecular complexity index is 1100. The maximum absolute atomic E-state index is 12.1. The van der Waals surface area contributed by atoms with Crippen LogP contribution < -0.4 is 5.43 Å². The van der Waals surface area contributed by atoms with Crippen LogP contribution in [-0.4, -0.2) is 27.4 Å². The number of benzene rings is 2. The summed E-state index contributed by atoms with van der Waals surface area (Å²) in [6, 6.07) is 19.3. The fraction of sp³-hybridized carbons (Fsp3) is 0.0500. The number of aromatic nitrogens is 2. The molecule has 0 bridgehead atoms. The number of thiazole rings is 1. The van der Waals surface area contributed by atoms with E-state index in [0.29, 0.717) is 5.02 Å². The van der Waals surface area contributed by atoms with Gasteiger partial charge in [0.2, 0.25) is 0 Å². The van der Waals surface area contributed by atoms with Crippen LogP contribution in [0.25, 0.3) is 15.9 Å². The molecule has 28 heavy (non-hydrogen) atoms. The Balaban J connectivity index is 1.34. The van der Waals surface area contributed by atoms with Crippen molar-refractivity contribution in [3.63, 3.8) is 0 Å². The molecule has 0 saturated heterocycles. The molecule has 0 unspecified atom stereocenters. The molecule has 0 radical (unpaired) electrons. The SMILES string of the molecule is O=C(CSc1nc2ccccc2s1)N/N=C\c1cccn1-c1ccc(Cl)cc1. The van der Waals surface area contributed by atoms with Gasteiger partial charge in [0, 0.05) is 16.9 Å². The van der Waals surface area contributed by atoms with Crippen LogP contribution in [-0.2, 0) is 4.79 Å². The number of thioether (sulfide) groups is 1. The van der Waals surface area contributed by atoms with Crippen LogP contribution in [0, 0.1) is 0 Å².